The van der Waals surface area contributed by atoms with Gasteiger partial charge in [0.15, 0.2) is 6.10 Å². The number of methoxy groups -OCH3 is 1. The number of amides is 1. The van der Waals surface area contributed by atoms with E-state index < -0.39 is 12.1 Å². The second kappa shape index (κ2) is 10.3. The van der Waals surface area contributed by atoms with Gasteiger partial charge in [-0.1, -0.05) is 36.4 Å². The maximum absolute atomic E-state index is 12.6. The average molecular weight is 419 g/mol. The fourth-order valence-corrected chi connectivity index (χ4v) is 2.90. The lowest BCUT2D eigenvalue weighted by atomic mass is 10.1. The van der Waals surface area contributed by atoms with Crippen molar-refractivity contribution in [1.82, 2.24) is 0 Å². The molecule has 0 saturated carbocycles. The molecule has 0 aliphatic heterocycles. The quantitative estimate of drug-likeness (QED) is 0.533. The van der Waals surface area contributed by atoms with Crippen LogP contribution in [0.15, 0.2) is 72.8 Å². The molecule has 3 rings (SSSR count). The van der Waals surface area contributed by atoms with Gasteiger partial charge in [0.25, 0.3) is 5.91 Å². The number of carbonyl (C=O) groups is 2. The van der Waals surface area contributed by atoms with Crippen LogP contribution in [0, 0.1) is 6.92 Å². The second-order valence-corrected chi connectivity index (χ2v) is 7.04. The summed E-state index contributed by atoms with van der Waals surface area (Å²) in [6, 6.07) is 21.5. The molecule has 3 aromatic rings. The summed E-state index contributed by atoms with van der Waals surface area (Å²) in [5, 5.41) is 2.85. The Morgan fingerprint density at radius 2 is 1.68 bits per heavy atom. The molecular weight excluding hydrogens is 394 g/mol. The number of benzene rings is 3. The molecule has 0 bridgehead atoms. The topological polar surface area (TPSA) is 73.9 Å². The number of hydrogen-bond donors (Lipinski definition) is 1. The third-order valence-corrected chi connectivity index (χ3v) is 4.59. The zero-order chi connectivity index (χ0) is 22.2. The first-order chi connectivity index (χ1) is 15.0. The van der Waals surface area contributed by atoms with Gasteiger partial charge in [0.05, 0.1) is 12.8 Å². The summed E-state index contributed by atoms with van der Waals surface area (Å²) in [6.45, 7) is 3.75. The Morgan fingerprint density at radius 1 is 0.968 bits per heavy atom. The van der Waals surface area contributed by atoms with Crippen molar-refractivity contribution in [2.45, 2.75) is 26.6 Å². The fourth-order valence-electron chi connectivity index (χ4n) is 2.90. The molecule has 3 aromatic carbocycles. The van der Waals surface area contributed by atoms with Crippen LogP contribution in [0.2, 0.25) is 0 Å². The Labute approximate surface area is 181 Å². The highest BCUT2D eigenvalue weighted by Gasteiger charge is 2.17. The number of nitrogens with one attached hydrogen (secondary N) is 1. The molecule has 1 atom stereocenters. The smallest absolute Gasteiger partial charge is 0.347 e. The summed E-state index contributed by atoms with van der Waals surface area (Å²) >= 11 is 0. The molecular formula is C25H25NO5. The first kappa shape index (κ1) is 21.9. The van der Waals surface area contributed by atoms with E-state index in [2.05, 4.69) is 5.32 Å². The molecule has 0 heterocycles. The van der Waals surface area contributed by atoms with E-state index in [-0.39, 0.29) is 12.5 Å². The van der Waals surface area contributed by atoms with Crippen molar-refractivity contribution in [3.05, 3.63) is 89.5 Å². The monoisotopic (exact) mass is 419 g/mol. The van der Waals surface area contributed by atoms with Crippen LogP contribution in [0.3, 0.4) is 0 Å². The summed E-state index contributed by atoms with van der Waals surface area (Å²) in [5.41, 5.74) is 2.97. The minimum atomic E-state index is -0.778. The molecule has 0 radical (unpaired) electrons. The second-order valence-electron chi connectivity index (χ2n) is 7.04. The highest BCUT2D eigenvalue weighted by atomic mass is 16.6. The van der Waals surface area contributed by atoms with Crippen LogP contribution in [0.25, 0.3) is 0 Å². The van der Waals surface area contributed by atoms with Crippen LogP contribution in [0.1, 0.15) is 28.4 Å². The molecule has 6 heteroatoms. The van der Waals surface area contributed by atoms with Gasteiger partial charge < -0.3 is 19.5 Å². The predicted octanol–water partition coefficient (Wildman–Crippen LogP) is 4.77. The van der Waals surface area contributed by atoms with E-state index in [0.29, 0.717) is 22.7 Å². The van der Waals surface area contributed by atoms with Gasteiger partial charge in [-0.2, -0.15) is 0 Å². The summed E-state index contributed by atoms with van der Waals surface area (Å²) in [5.74, 6) is 0.318. The van der Waals surface area contributed by atoms with E-state index in [9.17, 15) is 9.59 Å². The summed E-state index contributed by atoms with van der Waals surface area (Å²) in [4.78, 5) is 24.7. The van der Waals surface area contributed by atoms with Gasteiger partial charge in [-0.05, 0) is 61.4 Å². The Hall–Kier alpha value is -3.80. The van der Waals surface area contributed by atoms with Crippen LogP contribution in [0.4, 0.5) is 5.69 Å². The third kappa shape index (κ3) is 6.09. The van der Waals surface area contributed by atoms with Crippen molar-refractivity contribution < 1.29 is 23.8 Å². The van der Waals surface area contributed by atoms with Crippen LogP contribution in [0.5, 0.6) is 11.5 Å². The van der Waals surface area contributed by atoms with Crippen molar-refractivity contribution in [2.24, 2.45) is 0 Å². The molecule has 1 amide bonds. The number of rotatable bonds is 8. The number of ether oxygens (including phenoxy) is 3. The Kier molecular flexibility index (Phi) is 7.27. The SMILES string of the molecule is COc1ccc(C)cc1NC(=O)c1ccc(OC(C)C(=O)OCc2ccccc2)cc1. The van der Waals surface area contributed by atoms with E-state index in [0.717, 1.165) is 11.1 Å². The van der Waals surface area contributed by atoms with Gasteiger partial charge in [0.2, 0.25) is 0 Å². The van der Waals surface area contributed by atoms with Gasteiger partial charge in [-0.15, -0.1) is 0 Å². The van der Waals surface area contributed by atoms with E-state index in [1.807, 2.05) is 49.4 Å². The van der Waals surface area contributed by atoms with Crippen LogP contribution in [-0.2, 0) is 16.1 Å². The number of hydrogen-bond acceptors (Lipinski definition) is 5. The maximum atomic E-state index is 12.6. The molecule has 31 heavy (non-hydrogen) atoms. The van der Waals surface area contributed by atoms with E-state index in [1.54, 1.807) is 44.4 Å². The van der Waals surface area contributed by atoms with Crippen LogP contribution >= 0.6 is 0 Å². The standard InChI is InChI=1S/C25H25NO5/c1-17-9-14-23(29-3)22(15-17)26-24(27)20-10-12-21(13-11-20)31-18(2)25(28)30-16-19-7-5-4-6-8-19/h4-15,18H,16H2,1-3H3,(H,26,27). The Balaban J connectivity index is 1.56. The molecule has 0 fully saturated rings. The van der Waals surface area contributed by atoms with E-state index in [4.69, 9.17) is 14.2 Å². The highest BCUT2D eigenvalue weighted by Crippen LogP contribution is 2.26. The first-order valence-electron chi connectivity index (χ1n) is 9.89. The molecule has 0 saturated heterocycles. The molecule has 1 N–H and O–H groups in total. The molecule has 0 spiro atoms. The number of carbonyl (C=O) groups excluding carboxylic acids is 2. The third-order valence-electron chi connectivity index (χ3n) is 4.59. The molecule has 0 aliphatic rings. The highest BCUT2D eigenvalue weighted by molar-refractivity contribution is 6.05. The average Bonchev–Trinajstić information content (AvgIpc) is 2.78. The summed E-state index contributed by atoms with van der Waals surface area (Å²) in [6.07, 6.45) is -0.778. The lowest BCUT2D eigenvalue weighted by Gasteiger charge is -2.15. The van der Waals surface area contributed by atoms with Crippen molar-refractivity contribution in [1.29, 1.82) is 0 Å². The van der Waals surface area contributed by atoms with Gasteiger partial charge in [-0.25, -0.2) is 4.79 Å². The largest absolute Gasteiger partial charge is 0.495 e. The van der Waals surface area contributed by atoms with Gasteiger partial charge in [0, 0.05) is 5.56 Å². The lowest BCUT2D eigenvalue weighted by Crippen LogP contribution is -2.26. The molecule has 6 nitrogen and oxygen atoms in total. The van der Waals surface area contributed by atoms with Gasteiger partial charge in [-0.3, -0.25) is 4.79 Å². The summed E-state index contributed by atoms with van der Waals surface area (Å²) in [7, 11) is 1.55. The number of anilines is 1. The molecule has 0 aliphatic carbocycles. The first-order valence-corrected chi connectivity index (χ1v) is 9.89. The summed E-state index contributed by atoms with van der Waals surface area (Å²) < 4.78 is 16.2. The fraction of sp³-hybridized carbons (Fsp3) is 0.200. The van der Waals surface area contributed by atoms with Crippen molar-refractivity contribution in [3.8, 4) is 11.5 Å². The minimum Gasteiger partial charge on any atom is -0.495 e. The zero-order valence-electron chi connectivity index (χ0n) is 17.8. The molecule has 0 aromatic heterocycles. The number of esters is 1. The molecule has 160 valence electrons. The predicted molar refractivity (Wildman–Crippen MR) is 118 cm³/mol. The number of aryl methyl sites for hydroxylation is 1. The lowest BCUT2D eigenvalue weighted by molar-refractivity contribution is -0.152. The van der Waals surface area contributed by atoms with E-state index in [1.165, 1.54) is 0 Å². The zero-order valence-corrected chi connectivity index (χ0v) is 17.8. The van der Waals surface area contributed by atoms with Gasteiger partial charge >= 0.3 is 5.97 Å². The van der Waals surface area contributed by atoms with E-state index >= 15 is 0 Å². The van der Waals surface area contributed by atoms with Crippen LogP contribution in [-0.4, -0.2) is 25.1 Å². The Morgan fingerprint density at radius 3 is 2.35 bits per heavy atom. The Bertz CT molecular complexity index is 1030. The van der Waals surface area contributed by atoms with Crippen molar-refractivity contribution in [2.75, 3.05) is 12.4 Å². The van der Waals surface area contributed by atoms with Crippen LogP contribution < -0.4 is 14.8 Å². The van der Waals surface area contributed by atoms with Crippen molar-refractivity contribution in [3.63, 3.8) is 0 Å². The minimum absolute atomic E-state index is 0.189. The van der Waals surface area contributed by atoms with Gasteiger partial charge in [0.1, 0.15) is 18.1 Å². The van der Waals surface area contributed by atoms with Crippen molar-refractivity contribution >= 4 is 17.6 Å². The normalized spacial score (nSPS) is 11.3. The molecule has 1 unspecified atom stereocenters. The maximum Gasteiger partial charge on any atom is 0.347 e.